The highest BCUT2D eigenvalue weighted by molar-refractivity contribution is 5.71. The van der Waals surface area contributed by atoms with Gasteiger partial charge in [-0.15, -0.1) is 0 Å². The molecular formula is C68H128NO8+. The number of allylic oxidation sites excluding steroid dienone is 6. The molecule has 0 saturated heterocycles. The van der Waals surface area contributed by atoms with Crippen molar-refractivity contribution in [3.05, 3.63) is 36.5 Å². The molecule has 1 N–H and O–H groups in total. The minimum atomic E-state index is -1.51. The lowest BCUT2D eigenvalue weighted by atomic mass is 10.0. The molecule has 2 atom stereocenters. The Morgan fingerprint density at radius 3 is 1.09 bits per heavy atom. The number of hydrogen-bond donors (Lipinski definition) is 1. The summed E-state index contributed by atoms with van der Waals surface area (Å²) in [4.78, 5) is 37.4. The Bertz CT molecular complexity index is 1360. The van der Waals surface area contributed by atoms with Crippen LogP contribution < -0.4 is 0 Å². The number of hydrogen-bond acceptors (Lipinski definition) is 7. The molecule has 0 aromatic carbocycles. The van der Waals surface area contributed by atoms with E-state index in [9.17, 15) is 19.5 Å². The molecule has 2 unspecified atom stereocenters. The number of nitrogens with zero attached hydrogens (tertiary/aromatic N) is 1. The van der Waals surface area contributed by atoms with E-state index in [0.717, 1.165) is 64.2 Å². The molecule has 0 saturated carbocycles. The van der Waals surface area contributed by atoms with E-state index in [2.05, 4.69) is 50.3 Å². The Balaban J connectivity index is 3.88. The SMILES string of the molecule is CCC/C=C\C/C=C\CCCCCCCC(=O)OC(COC(=O)CCCCCCCCCCCCCCCCCCCCCCCCCCCCC/C=C\CCCCCCCCCC)COC(OCC[N+](C)(C)C)C(=O)O. The highest BCUT2D eigenvalue weighted by atomic mass is 16.7. The Kier molecular flexibility index (Phi) is 57.7. The highest BCUT2D eigenvalue weighted by Crippen LogP contribution is 2.18. The molecule has 0 aliphatic rings. The topological polar surface area (TPSA) is 108 Å². The fraction of sp³-hybridized carbons (Fsp3) is 0.868. The first kappa shape index (κ1) is 74.5. The zero-order chi connectivity index (χ0) is 56.2. The number of aliphatic carboxylic acids is 1. The predicted octanol–water partition coefficient (Wildman–Crippen LogP) is 20.0. The van der Waals surface area contributed by atoms with Crippen LogP contribution in [0.1, 0.15) is 322 Å². The second-order valence-corrected chi connectivity index (χ2v) is 23.8. The van der Waals surface area contributed by atoms with Crippen LogP contribution in [0.4, 0.5) is 0 Å². The van der Waals surface area contributed by atoms with Gasteiger partial charge in [-0.2, -0.15) is 0 Å². The highest BCUT2D eigenvalue weighted by Gasteiger charge is 2.25. The molecule has 0 aliphatic heterocycles. The van der Waals surface area contributed by atoms with Gasteiger partial charge in [0.25, 0.3) is 6.29 Å². The number of esters is 2. The van der Waals surface area contributed by atoms with Crippen molar-refractivity contribution in [3.63, 3.8) is 0 Å². The molecule has 9 heteroatoms. The summed E-state index contributed by atoms with van der Waals surface area (Å²) in [5.74, 6) is -2.01. The number of carbonyl (C=O) groups excluding carboxylic acids is 2. The summed E-state index contributed by atoms with van der Waals surface area (Å²) < 4.78 is 22.9. The molecule has 0 amide bonds. The number of unbranched alkanes of at least 4 members (excludes halogenated alkanes) is 41. The van der Waals surface area contributed by atoms with Crippen LogP contribution in [0.15, 0.2) is 36.5 Å². The average Bonchev–Trinajstić information content (AvgIpc) is 3.40. The third kappa shape index (κ3) is 61.0. The van der Waals surface area contributed by atoms with Crippen LogP contribution in [-0.2, 0) is 33.3 Å². The fourth-order valence-corrected chi connectivity index (χ4v) is 9.76. The number of carbonyl (C=O) groups is 3. The van der Waals surface area contributed by atoms with Gasteiger partial charge in [0, 0.05) is 12.8 Å². The minimum absolute atomic E-state index is 0.184. The maximum absolute atomic E-state index is 12.8. The molecule has 0 heterocycles. The molecule has 0 radical (unpaired) electrons. The molecule has 452 valence electrons. The van der Waals surface area contributed by atoms with Gasteiger partial charge in [0.2, 0.25) is 0 Å². The van der Waals surface area contributed by atoms with Crippen LogP contribution in [-0.4, -0.2) is 87.4 Å². The van der Waals surface area contributed by atoms with Crippen molar-refractivity contribution in [2.75, 3.05) is 47.5 Å². The third-order valence-corrected chi connectivity index (χ3v) is 14.9. The Labute approximate surface area is 477 Å². The average molecular weight is 1090 g/mol. The summed E-state index contributed by atoms with van der Waals surface area (Å²) in [5, 5.41) is 9.69. The summed E-state index contributed by atoms with van der Waals surface area (Å²) >= 11 is 0. The van der Waals surface area contributed by atoms with Crippen molar-refractivity contribution in [1.29, 1.82) is 0 Å². The summed E-state index contributed by atoms with van der Waals surface area (Å²) in [6, 6.07) is 0. The maximum atomic E-state index is 12.8. The molecule has 0 bridgehead atoms. The van der Waals surface area contributed by atoms with Crippen LogP contribution in [0.2, 0.25) is 0 Å². The molecule has 9 nitrogen and oxygen atoms in total. The fourth-order valence-electron chi connectivity index (χ4n) is 9.76. The van der Waals surface area contributed by atoms with E-state index in [4.69, 9.17) is 18.9 Å². The van der Waals surface area contributed by atoms with Crippen molar-refractivity contribution >= 4 is 17.9 Å². The molecular weight excluding hydrogens is 959 g/mol. The van der Waals surface area contributed by atoms with E-state index in [0.29, 0.717) is 23.9 Å². The molecule has 0 fully saturated rings. The lowest BCUT2D eigenvalue weighted by molar-refractivity contribution is -0.870. The van der Waals surface area contributed by atoms with Crippen LogP contribution in [0.3, 0.4) is 0 Å². The van der Waals surface area contributed by atoms with E-state index in [1.807, 2.05) is 21.1 Å². The van der Waals surface area contributed by atoms with E-state index in [-0.39, 0.29) is 32.2 Å². The first-order valence-corrected chi connectivity index (χ1v) is 33.2. The van der Waals surface area contributed by atoms with Gasteiger partial charge in [0.05, 0.1) is 34.4 Å². The van der Waals surface area contributed by atoms with Gasteiger partial charge in [-0.05, 0) is 64.2 Å². The van der Waals surface area contributed by atoms with Crippen molar-refractivity contribution in [1.82, 2.24) is 0 Å². The summed E-state index contributed by atoms with van der Waals surface area (Å²) in [5.41, 5.74) is 0. The van der Waals surface area contributed by atoms with E-state index in [1.54, 1.807) is 0 Å². The van der Waals surface area contributed by atoms with E-state index < -0.39 is 24.3 Å². The van der Waals surface area contributed by atoms with Crippen molar-refractivity contribution in [2.24, 2.45) is 0 Å². The van der Waals surface area contributed by atoms with Crippen LogP contribution >= 0.6 is 0 Å². The number of ether oxygens (including phenoxy) is 4. The third-order valence-electron chi connectivity index (χ3n) is 14.9. The van der Waals surface area contributed by atoms with E-state index >= 15 is 0 Å². The number of quaternary nitrogens is 1. The standard InChI is InChI=1S/C68H127NO8/c1-6-8-10-12-14-16-18-20-21-22-23-24-25-26-27-28-29-30-31-32-33-34-35-36-37-38-39-40-41-42-43-44-45-47-48-50-52-54-56-58-65(70)75-62-64(63-76-68(67(72)73)74-61-60-69(3,4)5)77-66(71)59-57-55-53-51-49-46-19-17-15-13-11-9-7-2/h11,13,17,19,22-23,64,68H,6-10,12,14-16,18,20-21,24-63H2,1-5H3/p+1/b13-11-,19-17-,23-22-. The van der Waals surface area contributed by atoms with Crippen molar-refractivity contribution < 1.29 is 42.9 Å². The number of carboxylic acids is 1. The van der Waals surface area contributed by atoms with Gasteiger partial charge in [0.1, 0.15) is 13.2 Å². The smallest absolute Gasteiger partial charge is 0.361 e. The van der Waals surface area contributed by atoms with Gasteiger partial charge < -0.3 is 28.5 Å². The Morgan fingerprint density at radius 2 is 0.727 bits per heavy atom. The zero-order valence-corrected chi connectivity index (χ0v) is 51.6. The monoisotopic (exact) mass is 1090 g/mol. The summed E-state index contributed by atoms with van der Waals surface area (Å²) in [7, 11) is 5.97. The molecule has 0 spiro atoms. The Morgan fingerprint density at radius 1 is 0.390 bits per heavy atom. The van der Waals surface area contributed by atoms with Crippen molar-refractivity contribution in [2.45, 2.75) is 334 Å². The van der Waals surface area contributed by atoms with Crippen LogP contribution in [0.25, 0.3) is 0 Å². The van der Waals surface area contributed by atoms with Gasteiger partial charge in [-0.1, -0.05) is 281 Å². The molecule has 0 aliphatic carbocycles. The second kappa shape index (κ2) is 59.6. The van der Waals surface area contributed by atoms with Gasteiger partial charge in [0.15, 0.2) is 6.10 Å². The van der Waals surface area contributed by atoms with Crippen LogP contribution in [0, 0.1) is 0 Å². The summed E-state index contributed by atoms with van der Waals surface area (Å²) in [6.45, 7) is 4.83. The lowest BCUT2D eigenvalue weighted by Crippen LogP contribution is -2.40. The normalized spacial score (nSPS) is 12.9. The van der Waals surface area contributed by atoms with Crippen molar-refractivity contribution in [3.8, 4) is 0 Å². The quantitative estimate of drug-likeness (QED) is 0.0211. The first-order chi connectivity index (χ1) is 37.6. The van der Waals surface area contributed by atoms with Gasteiger partial charge in [-0.3, -0.25) is 9.59 Å². The Hall–Kier alpha value is -2.49. The predicted molar refractivity (Wildman–Crippen MR) is 327 cm³/mol. The van der Waals surface area contributed by atoms with Gasteiger partial charge in [-0.25, -0.2) is 4.79 Å². The molecule has 77 heavy (non-hydrogen) atoms. The second-order valence-electron chi connectivity index (χ2n) is 23.8. The first-order valence-electron chi connectivity index (χ1n) is 33.2. The maximum Gasteiger partial charge on any atom is 0.361 e. The largest absolute Gasteiger partial charge is 0.477 e. The zero-order valence-electron chi connectivity index (χ0n) is 51.6. The number of likely N-dealkylation sites (N-methyl/N-ethyl adjacent to an activating group) is 1. The number of rotatable bonds is 62. The lowest BCUT2D eigenvalue weighted by Gasteiger charge is -2.25. The summed E-state index contributed by atoms with van der Waals surface area (Å²) in [6.07, 6.45) is 71.5. The van der Waals surface area contributed by atoms with Crippen LogP contribution in [0.5, 0.6) is 0 Å². The van der Waals surface area contributed by atoms with E-state index in [1.165, 1.54) is 225 Å². The minimum Gasteiger partial charge on any atom is -0.477 e. The molecule has 0 aromatic heterocycles. The molecule has 0 rings (SSSR count). The number of carboxylic acid groups (broad SMARTS) is 1. The van der Waals surface area contributed by atoms with Gasteiger partial charge >= 0.3 is 17.9 Å². The molecule has 0 aromatic rings.